The SMILES string of the molecule is COc1ccc2cc(CN(C)[C@H](C(N)=O)c3ccccc3)ccc2c1. The molecule has 0 fully saturated rings. The van der Waals surface area contributed by atoms with Gasteiger partial charge in [0.05, 0.1) is 7.11 Å². The standard InChI is InChI=1S/C21H22N2O2/c1-23(20(21(22)24)16-6-4-3-5-7-16)14-15-8-9-18-13-19(25-2)11-10-17(18)12-15/h3-13,20H,14H2,1-2H3,(H2,22,24)/t20-/m0/s1. The lowest BCUT2D eigenvalue weighted by molar-refractivity contribution is -0.123. The minimum atomic E-state index is -0.451. The molecule has 25 heavy (non-hydrogen) atoms. The predicted octanol–water partition coefficient (Wildman–Crippen LogP) is 3.51. The van der Waals surface area contributed by atoms with Gasteiger partial charge in [-0.1, -0.05) is 48.5 Å². The molecule has 0 saturated heterocycles. The van der Waals surface area contributed by atoms with Gasteiger partial charge in [0.2, 0.25) is 5.91 Å². The maximum Gasteiger partial charge on any atom is 0.239 e. The zero-order valence-corrected chi connectivity index (χ0v) is 14.5. The van der Waals surface area contributed by atoms with E-state index in [1.165, 1.54) is 0 Å². The van der Waals surface area contributed by atoms with Gasteiger partial charge in [-0.25, -0.2) is 0 Å². The lowest BCUT2D eigenvalue weighted by Crippen LogP contribution is -2.34. The molecule has 128 valence electrons. The second-order valence-corrected chi connectivity index (χ2v) is 6.18. The van der Waals surface area contributed by atoms with E-state index in [-0.39, 0.29) is 5.91 Å². The van der Waals surface area contributed by atoms with Gasteiger partial charge in [0.15, 0.2) is 0 Å². The van der Waals surface area contributed by atoms with Gasteiger partial charge in [0.1, 0.15) is 11.8 Å². The molecule has 0 aliphatic heterocycles. The number of fused-ring (bicyclic) bond motifs is 1. The highest BCUT2D eigenvalue weighted by atomic mass is 16.5. The van der Waals surface area contributed by atoms with Crippen molar-refractivity contribution < 1.29 is 9.53 Å². The summed E-state index contributed by atoms with van der Waals surface area (Å²) in [5.41, 5.74) is 7.68. The molecule has 4 heteroatoms. The Morgan fingerprint density at radius 3 is 2.40 bits per heavy atom. The number of rotatable bonds is 6. The summed E-state index contributed by atoms with van der Waals surface area (Å²) in [6, 6.07) is 21.5. The summed E-state index contributed by atoms with van der Waals surface area (Å²) in [7, 11) is 3.58. The van der Waals surface area contributed by atoms with E-state index in [9.17, 15) is 4.79 Å². The second-order valence-electron chi connectivity index (χ2n) is 6.18. The van der Waals surface area contributed by atoms with Crippen molar-refractivity contribution in [3.63, 3.8) is 0 Å². The summed E-state index contributed by atoms with van der Waals surface area (Å²) >= 11 is 0. The Hall–Kier alpha value is -2.85. The number of likely N-dealkylation sites (N-methyl/N-ethyl adjacent to an activating group) is 1. The minimum Gasteiger partial charge on any atom is -0.497 e. The first kappa shape index (κ1) is 17.0. The van der Waals surface area contributed by atoms with Crippen molar-refractivity contribution in [1.82, 2.24) is 4.90 Å². The molecule has 0 saturated carbocycles. The number of amides is 1. The Labute approximate surface area is 147 Å². The number of carbonyl (C=O) groups is 1. The normalized spacial score (nSPS) is 12.3. The number of hydrogen-bond acceptors (Lipinski definition) is 3. The maximum atomic E-state index is 12.0. The maximum absolute atomic E-state index is 12.0. The molecule has 0 heterocycles. The van der Waals surface area contributed by atoms with E-state index in [4.69, 9.17) is 10.5 Å². The van der Waals surface area contributed by atoms with Crippen LogP contribution in [0.15, 0.2) is 66.7 Å². The molecule has 0 bridgehead atoms. The fourth-order valence-electron chi connectivity index (χ4n) is 3.15. The summed E-state index contributed by atoms with van der Waals surface area (Å²) in [6.45, 7) is 0.629. The molecular weight excluding hydrogens is 312 g/mol. The van der Waals surface area contributed by atoms with Crippen molar-refractivity contribution in [3.05, 3.63) is 77.9 Å². The lowest BCUT2D eigenvalue weighted by atomic mass is 10.0. The molecule has 4 nitrogen and oxygen atoms in total. The van der Waals surface area contributed by atoms with E-state index >= 15 is 0 Å². The highest BCUT2D eigenvalue weighted by Gasteiger charge is 2.22. The molecule has 0 aliphatic carbocycles. The van der Waals surface area contributed by atoms with Crippen LogP contribution < -0.4 is 10.5 Å². The van der Waals surface area contributed by atoms with Crippen molar-refractivity contribution in [3.8, 4) is 5.75 Å². The molecular formula is C21H22N2O2. The molecule has 3 rings (SSSR count). The average Bonchev–Trinajstić information content (AvgIpc) is 2.62. The van der Waals surface area contributed by atoms with E-state index < -0.39 is 6.04 Å². The third-order valence-electron chi connectivity index (χ3n) is 4.37. The highest BCUT2D eigenvalue weighted by molar-refractivity contribution is 5.84. The Bertz CT molecular complexity index is 877. The Morgan fingerprint density at radius 1 is 1.04 bits per heavy atom. The summed E-state index contributed by atoms with van der Waals surface area (Å²) in [5, 5.41) is 2.27. The highest BCUT2D eigenvalue weighted by Crippen LogP contribution is 2.25. The van der Waals surface area contributed by atoms with Crippen LogP contribution in [0.3, 0.4) is 0 Å². The van der Waals surface area contributed by atoms with E-state index in [0.717, 1.165) is 27.6 Å². The van der Waals surface area contributed by atoms with Crippen molar-refractivity contribution in [1.29, 1.82) is 0 Å². The van der Waals surface area contributed by atoms with Crippen molar-refractivity contribution in [2.24, 2.45) is 5.73 Å². The van der Waals surface area contributed by atoms with Gasteiger partial charge < -0.3 is 10.5 Å². The van der Waals surface area contributed by atoms with Crippen molar-refractivity contribution >= 4 is 16.7 Å². The number of nitrogens with zero attached hydrogens (tertiary/aromatic N) is 1. The van der Waals surface area contributed by atoms with Crippen LogP contribution >= 0.6 is 0 Å². The van der Waals surface area contributed by atoms with Crippen LogP contribution in [0, 0.1) is 0 Å². The summed E-state index contributed by atoms with van der Waals surface area (Å²) in [5.74, 6) is 0.495. The van der Waals surface area contributed by atoms with E-state index in [0.29, 0.717) is 6.54 Å². The van der Waals surface area contributed by atoms with Crippen molar-refractivity contribution in [2.45, 2.75) is 12.6 Å². The summed E-state index contributed by atoms with van der Waals surface area (Å²) < 4.78 is 5.26. The second kappa shape index (κ2) is 7.36. The van der Waals surface area contributed by atoms with Crippen LogP contribution in [-0.2, 0) is 11.3 Å². The molecule has 0 aromatic heterocycles. The number of hydrogen-bond donors (Lipinski definition) is 1. The van der Waals surface area contributed by atoms with Crippen LogP contribution in [-0.4, -0.2) is 25.0 Å². The summed E-state index contributed by atoms with van der Waals surface area (Å²) in [4.78, 5) is 14.0. The largest absolute Gasteiger partial charge is 0.497 e. The molecule has 3 aromatic rings. The monoisotopic (exact) mass is 334 g/mol. The van der Waals surface area contributed by atoms with E-state index in [1.807, 2.05) is 60.5 Å². The van der Waals surface area contributed by atoms with Gasteiger partial charge in [0, 0.05) is 6.54 Å². The summed E-state index contributed by atoms with van der Waals surface area (Å²) in [6.07, 6.45) is 0. The molecule has 1 atom stereocenters. The van der Waals surface area contributed by atoms with Crippen LogP contribution in [0.5, 0.6) is 5.75 Å². The Balaban J connectivity index is 1.85. The molecule has 1 amide bonds. The van der Waals surface area contributed by atoms with Gasteiger partial charge in [0.25, 0.3) is 0 Å². The fraction of sp³-hybridized carbons (Fsp3) is 0.190. The molecule has 0 spiro atoms. The zero-order chi connectivity index (χ0) is 17.8. The third kappa shape index (κ3) is 3.80. The molecule has 0 aliphatic rings. The average molecular weight is 334 g/mol. The number of ether oxygens (including phenoxy) is 1. The van der Waals surface area contributed by atoms with Gasteiger partial charge in [-0.2, -0.15) is 0 Å². The Morgan fingerprint density at radius 2 is 1.72 bits per heavy atom. The number of methoxy groups -OCH3 is 1. The van der Waals surface area contributed by atoms with Gasteiger partial charge in [-0.3, -0.25) is 9.69 Å². The lowest BCUT2D eigenvalue weighted by Gasteiger charge is -2.26. The minimum absolute atomic E-state index is 0.348. The first-order valence-corrected chi connectivity index (χ1v) is 8.19. The number of primary amides is 1. The van der Waals surface area contributed by atoms with E-state index in [1.54, 1.807) is 7.11 Å². The van der Waals surface area contributed by atoms with Crippen LogP contribution in [0.25, 0.3) is 10.8 Å². The Kier molecular flexibility index (Phi) is 5.00. The van der Waals surface area contributed by atoms with Crippen LogP contribution in [0.2, 0.25) is 0 Å². The van der Waals surface area contributed by atoms with Crippen molar-refractivity contribution in [2.75, 3.05) is 14.2 Å². The van der Waals surface area contributed by atoms with Crippen LogP contribution in [0.4, 0.5) is 0 Å². The molecule has 3 aromatic carbocycles. The topological polar surface area (TPSA) is 55.6 Å². The van der Waals surface area contributed by atoms with Gasteiger partial charge >= 0.3 is 0 Å². The smallest absolute Gasteiger partial charge is 0.239 e. The molecule has 2 N–H and O–H groups in total. The zero-order valence-electron chi connectivity index (χ0n) is 14.5. The number of carbonyl (C=O) groups excluding carboxylic acids is 1. The quantitative estimate of drug-likeness (QED) is 0.750. The molecule has 0 unspecified atom stereocenters. The first-order valence-electron chi connectivity index (χ1n) is 8.19. The first-order chi connectivity index (χ1) is 12.1. The number of nitrogens with two attached hydrogens (primary N) is 1. The predicted molar refractivity (Wildman–Crippen MR) is 100 cm³/mol. The molecule has 0 radical (unpaired) electrons. The van der Waals surface area contributed by atoms with Crippen LogP contribution in [0.1, 0.15) is 17.2 Å². The van der Waals surface area contributed by atoms with E-state index in [2.05, 4.69) is 18.2 Å². The van der Waals surface area contributed by atoms with Gasteiger partial charge in [-0.15, -0.1) is 0 Å². The third-order valence-corrected chi connectivity index (χ3v) is 4.37. The fourth-order valence-corrected chi connectivity index (χ4v) is 3.15. The van der Waals surface area contributed by atoms with Gasteiger partial charge in [-0.05, 0) is 47.1 Å². The number of benzene rings is 3.